The second kappa shape index (κ2) is 6.41. The van der Waals surface area contributed by atoms with E-state index in [1.807, 2.05) is 13.8 Å². The van der Waals surface area contributed by atoms with E-state index >= 15 is 0 Å². The summed E-state index contributed by atoms with van der Waals surface area (Å²) in [5, 5.41) is 3.98. The Bertz CT molecular complexity index is 762. The molecule has 1 aromatic carbocycles. The smallest absolute Gasteiger partial charge is 0.240 e. The summed E-state index contributed by atoms with van der Waals surface area (Å²) in [7, 11) is -1.84. The van der Waals surface area contributed by atoms with Crippen LogP contribution in [0.5, 0.6) is 0 Å². The first kappa shape index (κ1) is 16.4. The van der Waals surface area contributed by atoms with Gasteiger partial charge in [-0.2, -0.15) is 5.10 Å². The van der Waals surface area contributed by atoms with Gasteiger partial charge in [-0.05, 0) is 12.1 Å². The summed E-state index contributed by atoms with van der Waals surface area (Å²) in [6.07, 6.45) is 3.35. The van der Waals surface area contributed by atoms with Crippen LogP contribution in [0, 0.1) is 5.92 Å². The first-order valence-corrected chi connectivity index (χ1v) is 8.39. The molecule has 1 heterocycles. The van der Waals surface area contributed by atoms with Crippen molar-refractivity contribution in [2.75, 3.05) is 0 Å². The SMILES string of the molecule is CC(C)C(=O)c1ccc(S(=O)(=O)NCc2cnn(C)c2)cc1. The van der Waals surface area contributed by atoms with Crippen LogP contribution < -0.4 is 4.72 Å². The van der Waals surface area contributed by atoms with Crippen molar-refractivity contribution in [2.45, 2.75) is 25.3 Å². The second-order valence-corrected chi connectivity index (χ2v) is 7.16. The second-order valence-electron chi connectivity index (χ2n) is 5.39. The summed E-state index contributed by atoms with van der Waals surface area (Å²) in [5.74, 6) is -0.126. The minimum Gasteiger partial charge on any atom is -0.294 e. The molecule has 0 saturated heterocycles. The average molecular weight is 321 g/mol. The van der Waals surface area contributed by atoms with Gasteiger partial charge in [0.1, 0.15) is 0 Å². The molecule has 1 aromatic heterocycles. The lowest BCUT2D eigenvalue weighted by Crippen LogP contribution is -2.23. The number of rotatable bonds is 6. The predicted octanol–water partition coefficient (Wildman–Crippen LogP) is 1.74. The number of benzene rings is 1. The lowest BCUT2D eigenvalue weighted by atomic mass is 10.0. The van der Waals surface area contributed by atoms with Gasteiger partial charge in [-0.15, -0.1) is 0 Å². The Morgan fingerprint density at radius 3 is 2.41 bits per heavy atom. The topological polar surface area (TPSA) is 81.1 Å². The summed E-state index contributed by atoms with van der Waals surface area (Å²) >= 11 is 0. The van der Waals surface area contributed by atoms with Crippen molar-refractivity contribution in [2.24, 2.45) is 13.0 Å². The average Bonchev–Trinajstić information content (AvgIpc) is 2.90. The third-order valence-corrected chi connectivity index (χ3v) is 4.62. The van der Waals surface area contributed by atoms with Gasteiger partial charge in [-0.3, -0.25) is 9.48 Å². The fourth-order valence-corrected chi connectivity index (χ4v) is 2.97. The van der Waals surface area contributed by atoms with E-state index in [0.717, 1.165) is 5.56 Å². The molecule has 0 aliphatic rings. The summed E-state index contributed by atoms with van der Waals surface area (Å²) in [5.41, 5.74) is 1.29. The van der Waals surface area contributed by atoms with E-state index in [-0.39, 0.29) is 23.1 Å². The number of nitrogens with zero attached hydrogens (tertiary/aromatic N) is 2. The first-order chi connectivity index (χ1) is 10.3. The quantitative estimate of drug-likeness (QED) is 0.822. The van der Waals surface area contributed by atoms with Gasteiger partial charge in [0, 0.05) is 36.8 Å². The monoisotopic (exact) mass is 321 g/mol. The molecule has 7 heteroatoms. The predicted molar refractivity (Wildman–Crippen MR) is 82.8 cm³/mol. The van der Waals surface area contributed by atoms with Crippen LogP contribution in [-0.2, 0) is 23.6 Å². The lowest BCUT2D eigenvalue weighted by Gasteiger charge is -2.08. The highest BCUT2D eigenvalue weighted by molar-refractivity contribution is 7.89. The number of sulfonamides is 1. The maximum absolute atomic E-state index is 12.2. The molecule has 0 spiro atoms. The number of aromatic nitrogens is 2. The summed E-state index contributed by atoms with van der Waals surface area (Å²) in [6, 6.07) is 5.98. The van der Waals surface area contributed by atoms with E-state index in [1.165, 1.54) is 12.1 Å². The lowest BCUT2D eigenvalue weighted by molar-refractivity contribution is 0.0939. The van der Waals surface area contributed by atoms with E-state index in [0.29, 0.717) is 5.56 Å². The van der Waals surface area contributed by atoms with Gasteiger partial charge in [0.15, 0.2) is 5.78 Å². The van der Waals surface area contributed by atoms with E-state index in [4.69, 9.17) is 0 Å². The van der Waals surface area contributed by atoms with Crippen molar-refractivity contribution in [3.8, 4) is 0 Å². The Labute approximate surface area is 130 Å². The molecule has 2 aromatic rings. The van der Waals surface area contributed by atoms with Crippen LogP contribution in [-0.4, -0.2) is 24.0 Å². The third-order valence-electron chi connectivity index (χ3n) is 3.20. The maximum Gasteiger partial charge on any atom is 0.240 e. The summed E-state index contributed by atoms with van der Waals surface area (Å²) in [4.78, 5) is 12.0. The fourth-order valence-electron chi connectivity index (χ4n) is 1.96. The zero-order valence-electron chi connectivity index (χ0n) is 12.8. The molecule has 1 N–H and O–H groups in total. The molecule has 0 fully saturated rings. The number of ketones is 1. The maximum atomic E-state index is 12.2. The van der Waals surface area contributed by atoms with Crippen molar-refractivity contribution in [1.29, 1.82) is 0 Å². The molecular formula is C15H19N3O3S. The van der Waals surface area contributed by atoms with Crippen molar-refractivity contribution >= 4 is 15.8 Å². The van der Waals surface area contributed by atoms with Crippen LogP contribution in [0.25, 0.3) is 0 Å². The summed E-state index contributed by atoms with van der Waals surface area (Å²) in [6.45, 7) is 3.79. The molecule has 0 atom stereocenters. The van der Waals surface area contributed by atoms with Crippen molar-refractivity contribution in [1.82, 2.24) is 14.5 Å². The van der Waals surface area contributed by atoms with E-state index < -0.39 is 10.0 Å². The standard InChI is InChI=1S/C15H19N3O3S/c1-11(2)15(19)13-4-6-14(7-5-13)22(20,21)17-9-12-8-16-18(3)10-12/h4-8,10-11,17H,9H2,1-3H3. The fraction of sp³-hybridized carbons (Fsp3) is 0.333. The Balaban J connectivity index is 2.10. The highest BCUT2D eigenvalue weighted by Crippen LogP contribution is 2.14. The van der Waals surface area contributed by atoms with Crippen LogP contribution in [0.4, 0.5) is 0 Å². The molecule has 0 amide bonds. The third kappa shape index (κ3) is 3.80. The Kier molecular flexibility index (Phi) is 4.77. The number of carbonyl (C=O) groups is 1. The highest BCUT2D eigenvalue weighted by atomic mass is 32.2. The molecule has 0 aliphatic carbocycles. The molecule has 0 saturated carbocycles. The Morgan fingerprint density at radius 1 is 1.27 bits per heavy atom. The molecular weight excluding hydrogens is 302 g/mol. The molecule has 0 aliphatic heterocycles. The van der Waals surface area contributed by atoms with Gasteiger partial charge in [-0.1, -0.05) is 26.0 Å². The molecule has 6 nitrogen and oxygen atoms in total. The van der Waals surface area contributed by atoms with E-state index in [1.54, 1.807) is 36.3 Å². The molecule has 0 bridgehead atoms. The minimum atomic E-state index is -3.61. The van der Waals surface area contributed by atoms with E-state index in [9.17, 15) is 13.2 Å². The summed E-state index contributed by atoms with van der Waals surface area (Å²) < 4.78 is 28.5. The van der Waals surface area contributed by atoms with E-state index in [2.05, 4.69) is 9.82 Å². The van der Waals surface area contributed by atoms with Gasteiger partial charge in [0.05, 0.1) is 11.1 Å². The number of hydrogen-bond acceptors (Lipinski definition) is 4. The van der Waals surface area contributed by atoms with Crippen molar-refractivity contribution in [3.05, 3.63) is 47.8 Å². The van der Waals surface area contributed by atoms with Crippen molar-refractivity contribution in [3.63, 3.8) is 0 Å². The normalized spacial score (nSPS) is 11.8. The van der Waals surface area contributed by atoms with Crippen molar-refractivity contribution < 1.29 is 13.2 Å². The number of carbonyl (C=O) groups excluding carboxylic acids is 1. The Hall–Kier alpha value is -1.99. The van der Waals surface area contributed by atoms with Gasteiger partial charge in [0.2, 0.25) is 10.0 Å². The largest absolute Gasteiger partial charge is 0.294 e. The van der Waals surface area contributed by atoms with Gasteiger partial charge in [-0.25, -0.2) is 13.1 Å². The number of nitrogens with one attached hydrogen (secondary N) is 1. The Morgan fingerprint density at radius 2 is 1.91 bits per heavy atom. The zero-order chi connectivity index (χ0) is 16.3. The zero-order valence-corrected chi connectivity index (χ0v) is 13.6. The molecule has 22 heavy (non-hydrogen) atoms. The van der Waals surface area contributed by atoms with Crippen LogP contribution in [0.2, 0.25) is 0 Å². The van der Waals surface area contributed by atoms with Crippen LogP contribution in [0.3, 0.4) is 0 Å². The van der Waals surface area contributed by atoms with Gasteiger partial charge >= 0.3 is 0 Å². The molecule has 118 valence electrons. The highest BCUT2D eigenvalue weighted by Gasteiger charge is 2.16. The van der Waals surface area contributed by atoms with Crippen LogP contribution in [0.15, 0.2) is 41.6 Å². The van der Waals surface area contributed by atoms with Gasteiger partial charge in [0.25, 0.3) is 0 Å². The molecule has 2 rings (SSSR count). The number of hydrogen-bond donors (Lipinski definition) is 1. The van der Waals surface area contributed by atoms with Gasteiger partial charge < -0.3 is 0 Å². The van der Waals surface area contributed by atoms with Crippen LogP contribution in [0.1, 0.15) is 29.8 Å². The number of aryl methyl sites for hydroxylation is 1. The molecule has 0 radical (unpaired) electrons. The molecule has 0 unspecified atom stereocenters. The number of Topliss-reactive ketones (excluding diaryl/α,β-unsaturated/α-hetero) is 1. The van der Waals surface area contributed by atoms with Crippen LogP contribution >= 0.6 is 0 Å². The minimum absolute atomic E-state index is 0.00716. The first-order valence-electron chi connectivity index (χ1n) is 6.91.